The number of rotatable bonds is 12. The largest absolute Gasteiger partial charge is 0.497 e. The fraction of sp³-hybridized carbons (Fsp3) is 0.282. The molecular formula is C39H41N5O7S. The number of sulfonamides is 1. The number of aromatic nitrogens is 2. The van der Waals surface area contributed by atoms with Gasteiger partial charge in [0.1, 0.15) is 17.3 Å². The van der Waals surface area contributed by atoms with Crippen molar-refractivity contribution in [2.24, 2.45) is 5.92 Å². The van der Waals surface area contributed by atoms with Crippen LogP contribution < -0.4 is 29.6 Å². The molecule has 4 aromatic carbocycles. The molecule has 0 spiro atoms. The lowest BCUT2D eigenvalue weighted by Gasteiger charge is -2.24. The Kier molecular flexibility index (Phi) is 10.1. The van der Waals surface area contributed by atoms with E-state index in [-0.39, 0.29) is 28.6 Å². The highest BCUT2D eigenvalue weighted by molar-refractivity contribution is 7.92. The highest BCUT2D eigenvalue weighted by Gasteiger charge is 2.31. The minimum Gasteiger partial charge on any atom is -0.497 e. The van der Waals surface area contributed by atoms with Crippen LogP contribution in [0.3, 0.4) is 0 Å². The molecule has 2 amide bonds. The summed E-state index contributed by atoms with van der Waals surface area (Å²) < 4.78 is 44.0. The summed E-state index contributed by atoms with van der Waals surface area (Å²) in [4.78, 5) is 35.3. The van der Waals surface area contributed by atoms with Crippen LogP contribution in [0.25, 0.3) is 10.8 Å². The number of fused-ring (bicyclic) bond motifs is 1. The van der Waals surface area contributed by atoms with Crippen molar-refractivity contribution in [2.45, 2.75) is 45.4 Å². The van der Waals surface area contributed by atoms with Crippen LogP contribution in [0.1, 0.15) is 60.9 Å². The Morgan fingerprint density at radius 2 is 1.58 bits per heavy atom. The van der Waals surface area contributed by atoms with Gasteiger partial charge in [-0.05, 0) is 71.8 Å². The lowest BCUT2D eigenvalue weighted by atomic mass is 9.86. The molecule has 0 bridgehead atoms. The van der Waals surface area contributed by atoms with Crippen molar-refractivity contribution >= 4 is 49.7 Å². The van der Waals surface area contributed by atoms with Gasteiger partial charge in [-0.1, -0.05) is 45.0 Å². The molecule has 1 aliphatic carbocycles. The van der Waals surface area contributed by atoms with Crippen molar-refractivity contribution in [1.29, 1.82) is 0 Å². The number of carbonyl (C=O) groups excluding carboxylic acids is 2. The van der Waals surface area contributed by atoms with Gasteiger partial charge in [-0.2, -0.15) is 4.98 Å². The number of hydrogen-bond donors (Lipinski definition) is 3. The van der Waals surface area contributed by atoms with Gasteiger partial charge in [-0.3, -0.25) is 9.52 Å². The lowest BCUT2D eigenvalue weighted by Crippen LogP contribution is -2.22. The summed E-state index contributed by atoms with van der Waals surface area (Å²) in [6.07, 6.45) is 4.88. The minimum absolute atomic E-state index is 0.0900. The Labute approximate surface area is 303 Å². The number of nitrogens with zero attached hydrogens (tertiary/aromatic N) is 2. The number of urea groups is 1. The van der Waals surface area contributed by atoms with Crippen LogP contribution in [0.2, 0.25) is 0 Å². The van der Waals surface area contributed by atoms with Crippen LogP contribution in [0.5, 0.6) is 23.1 Å². The van der Waals surface area contributed by atoms with Gasteiger partial charge in [0.15, 0.2) is 11.5 Å². The van der Waals surface area contributed by atoms with Crippen molar-refractivity contribution in [3.8, 4) is 23.1 Å². The van der Waals surface area contributed by atoms with Gasteiger partial charge in [0.2, 0.25) is 15.9 Å². The van der Waals surface area contributed by atoms with Crippen molar-refractivity contribution in [2.75, 3.05) is 35.8 Å². The van der Waals surface area contributed by atoms with E-state index in [0.717, 1.165) is 35.6 Å². The van der Waals surface area contributed by atoms with Crippen molar-refractivity contribution in [1.82, 2.24) is 9.97 Å². The number of ether oxygens (including phenoxy) is 3. The molecule has 1 aromatic heterocycles. The second kappa shape index (κ2) is 14.5. The highest BCUT2D eigenvalue weighted by atomic mass is 32.2. The Morgan fingerprint density at radius 1 is 0.865 bits per heavy atom. The monoisotopic (exact) mass is 723 g/mol. The fourth-order valence-electron chi connectivity index (χ4n) is 5.82. The third-order valence-corrected chi connectivity index (χ3v) is 9.12. The number of amides is 2. The van der Waals surface area contributed by atoms with Crippen LogP contribution in [-0.2, 0) is 21.9 Å². The second-order valence-corrected chi connectivity index (χ2v) is 15.5. The number of nitrogens with one attached hydrogen (secondary N) is 3. The van der Waals surface area contributed by atoms with E-state index in [1.54, 1.807) is 49.7 Å². The molecule has 1 fully saturated rings. The minimum atomic E-state index is -3.64. The first-order chi connectivity index (χ1) is 24.7. The normalized spacial score (nSPS) is 13.0. The fourth-order valence-corrected chi connectivity index (χ4v) is 6.37. The molecule has 0 unspecified atom stereocenters. The van der Waals surface area contributed by atoms with E-state index in [1.165, 1.54) is 7.11 Å². The molecule has 13 heteroatoms. The van der Waals surface area contributed by atoms with Crippen LogP contribution in [-0.4, -0.2) is 50.7 Å². The summed E-state index contributed by atoms with van der Waals surface area (Å²) in [6.45, 7) is 5.95. The number of ketones is 1. The van der Waals surface area contributed by atoms with Crippen molar-refractivity contribution in [3.05, 3.63) is 102 Å². The van der Waals surface area contributed by atoms with E-state index in [2.05, 4.69) is 25.3 Å². The van der Waals surface area contributed by atoms with E-state index < -0.39 is 16.1 Å². The molecule has 1 aliphatic rings. The Morgan fingerprint density at radius 3 is 2.25 bits per heavy atom. The van der Waals surface area contributed by atoms with Gasteiger partial charge in [-0.25, -0.2) is 18.2 Å². The zero-order valence-corrected chi connectivity index (χ0v) is 30.7. The molecule has 270 valence electrons. The van der Waals surface area contributed by atoms with Crippen LogP contribution >= 0.6 is 0 Å². The maximum Gasteiger partial charge on any atom is 0.323 e. The third kappa shape index (κ3) is 8.60. The van der Waals surface area contributed by atoms with Gasteiger partial charge >= 0.3 is 6.03 Å². The Balaban J connectivity index is 1.23. The number of anilines is 3. The summed E-state index contributed by atoms with van der Waals surface area (Å²) in [5.74, 6) is 2.35. The van der Waals surface area contributed by atoms with E-state index in [9.17, 15) is 18.0 Å². The van der Waals surface area contributed by atoms with Gasteiger partial charge in [0.05, 0.1) is 37.5 Å². The zero-order valence-electron chi connectivity index (χ0n) is 29.9. The average molecular weight is 724 g/mol. The molecule has 1 saturated carbocycles. The number of methoxy groups -OCH3 is 2. The van der Waals surface area contributed by atoms with Gasteiger partial charge < -0.3 is 24.8 Å². The molecule has 0 saturated heterocycles. The first-order valence-corrected chi connectivity index (χ1v) is 18.6. The molecule has 6 rings (SSSR count). The summed E-state index contributed by atoms with van der Waals surface area (Å²) in [6, 6.07) is 21.0. The zero-order chi connectivity index (χ0) is 37.2. The quantitative estimate of drug-likeness (QED) is 0.109. The number of benzene rings is 4. The van der Waals surface area contributed by atoms with E-state index in [4.69, 9.17) is 14.2 Å². The molecule has 52 heavy (non-hydrogen) atoms. The number of hydrogen-bond acceptors (Lipinski definition) is 9. The maximum absolute atomic E-state index is 13.5. The second-order valence-electron chi connectivity index (χ2n) is 13.8. The predicted molar refractivity (Wildman–Crippen MR) is 202 cm³/mol. The van der Waals surface area contributed by atoms with E-state index >= 15 is 0 Å². The SMILES string of the molecule is COc1cc(Cc2nccc(Oc3ccc(NC(=O)Nc4cc(C(C)(C)C)cc(NS(C)(=O)=O)c4OC)c4ccccc34)n2)cc(C(=O)C2CC2)c1. The standard InChI is InChI=1S/C39H41N5O7S/c1-39(2,3)26-21-31(37(50-5)32(22-26)44-52(6,47)48)42-38(46)41-30-13-14-33(29-10-8-7-9-28(29)30)51-35-15-16-40-34(43-35)19-23-17-25(20-27(18-23)49-4)36(45)24-11-12-24/h7-10,13-18,20-22,24,44H,11-12,19H2,1-6H3,(H2,41,42,46). The summed E-state index contributed by atoms with van der Waals surface area (Å²) >= 11 is 0. The average Bonchev–Trinajstić information content (AvgIpc) is 3.94. The van der Waals surface area contributed by atoms with Crippen molar-refractivity contribution in [3.63, 3.8) is 0 Å². The number of Topliss-reactive ketones (excluding diaryl/α,β-unsaturated/α-hetero) is 1. The number of carbonyl (C=O) groups is 2. The smallest absolute Gasteiger partial charge is 0.323 e. The molecule has 1 heterocycles. The molecule has 0 radical (unpaired) electrons. The molecular weight excluding hydrogens is 683 g/mol. The maximum atomic E-state index is 13.5. The summed E-state index contributed by atoms with van der Waals surface area (Å²) in [7, 11) is -0.654. The predicted octanol–water partition coefficient (Wildman–Crippen LogP) is 7.94. The van der Waals surface area contributed by atoms with Crippen LogP contribution in [0.4, 0.5) is 21.9 Å². The van der Waals surface area contributed by atoms with E-state index in [0.29, 0.717) is 51.9 Å². The first kappa shape index (κ1) is 36.1. The summed E-state index contributed by atoms with van der Waals surface area (Å²) in [5.41, 5.74) is 2.92. The van der Waals surface area contributed by atoms with Crippen LogP contribution in [0, 0.1) is 5.92 Å². The lowest BCUT2D eigenvalue weighted by molar-refractivity contribution is 0.0967. The van der Waals surface area contributed by atoms with Crippen LogP contribution in [0.15, 0.2) is 79.0 Å². The Hall–Kier alpha value is -5.69. The molecule has 5 aromatic rings. The first-order valence-electron chi connectivity index (χ1n) is 16.7. The topological polar surface area (TPSA) is 158 Å². The van der Waals surface area contributed by atoms with Gasteiger partial charge in [-0.15, -0.1) is 0 Å². The molecule has 0 atom stereocenters. The highest BCUT2D eigenvalue weighted by Crippen LogP contribution is 2.40. The summed E-state index contributed by atoms with van der Waals surface area (Å²) in [5, 5.41) is 7.18. The van der Waals surface area contributed by atoms with Crippen molar-refractivity contribution < 1.29 is 32.2 Å². The third-order valence-electron chi connectivity index (χ3n) is 8.53. The van der Waals surface area contributed by atoms with Gasteiger partial charge in [0.25, 0.3) is 0 Å². The molecule has 0 aliphatic heterocycles. The Bertz CT molecular complexity index is 2280. The van der Waals surface area contributed by atoms with E-state index in [1.807, 2.05) is 57.2 Å². The van der Waals surface area contributed by atoms with Gasteiger partial charge in [0, 0.05) is 40.9 Å². The molecule has 12 nitrogen and oxygen atoms in total. The molecule has 3 N–H and O–H groups in total.